The number of carbonyl (C=O) groups excluding carboxylic acids is 2. The summed E-state index contributed by atoms with van der Waals surface area (Å²) in [6, 6.07) is 8.05. The number of fused-ring (bicyclic) bond motifs is 1. The number of hydrogen-bond acceptors (Lipinski definition) is 7. The van der Waals surface area contributed by atoms with Crippen molar-refractivity contribution in [1.82, 2.24) is 14.8 Å². The van der Waals surface area contributed by atoms with Gasteiger partial charge >= 0.3 is 0 Å². The van der Waals surface area contributed by atoms with Gasteiger partial charge in [0, 0.05) is 36.8 Å². The highest BCUT2D eigenvalue weighted by Crippen LogP contribution is 2.39. The van der Waals surface area contributed by atoms with Crippen molar-refractivity contribution in [3.63, 3.8) is 0 Å². The molecular weight excluding hydrogens is 480 g/mol. The van der Waals surface area contributed by atoms with Crippen LogP contribution in [0.25, 0.3) is 11.4 Å². The molecule has 0 spiro atoms. The first-order valence-corrected chi connectivity index (χ1v) is 13.3. The normalized spacial score (nSPS) is 14.9. The molecule has 184 valence electrons. The first-order chi connectivity index (χ1) is 16.8. The number of primary amides is 1. The van der Waals surface area contributed by atoms with Crippen LogP contribution < -0.4 is 16.0 Å². The number of nitrogens with two attached hydrogens (primary N) is 1. The van der Waals surface area contributed by atoms with Crippen molar-refractivity contribution in [2.75, 3.05) is 30.1 Å². The van der Waals surface area contributed by atoms with Crippen molar-refractivity contribution in [1.29, 1.82) is 0 Å². The van der Waals surface area contributed by atoms with E-state index in [0.29, 0.717) is 34.0 Å². The Bertz CT molecular complexity index is 1260. The van der Waals surface area contributed by atoms with E-state index in [0.717, 1.165) is 41.0 Å². The quantitative estimate of drug-likeness (QED) is 0.330. The Morgan fingerprint density at radius 1 is 1.37 bits per heavy atom. The lowest BCUT2D eigenvalue weighted by atomic mass is 9.88. The van der Waals surface area contributed by atoms with Crippen LogP contribution >= 0.6 is 23.1 Å². The van der Waals surface area contributed by atoms with Crippen LogP contribution in [0.4, 0.5) is 10.7 Å². The highest BCUT2D eigenvalue weighted by molar-refractivity contribution is 7.99. The van der Waals surface area contributed by atoms with Crippen LogP contribution in [0.1, 0.15) is 34.1 Å². The Hall–Kier alpha value is -3.11. The van der Waals surface area contributed by atoms with Gasteiger partial charge in [-0.15, -0.1) is 28.1 Å². The average molecular weight is 511 g/mol. The van der Waals surface area contributed by atoms with Gasteiger partial charge in [0.1, 0.15) is 5.00 Å². The van der Waals surface area contributed by atoms with Crippen LogP contribution in [0.2, 0.25) is 0 Å². The van der Waals surface area contributed by atoms with Gasteiger partial charge in [0.25, 0.3) is 5.91 Å². The van der Waals surface area contributed by atoms with Gasteiger partial charge in [0.05, 0.1) is 11.3 Å². The van der Waals surface area contributed by atoms with Crippen LogP contribution in [0, 0.1) is 5.92 Å². The Balaban J connectivity index is 1.51. The second-order valence-corrected chi connectivity index (χ2v) is 11.0. The third-order valence-corrected chi connectivity index (χ3v) is 8.13. The van der Waals surface area contributed by atoms with E-state index >= 15 is 0 Å². The summed E-state index contributed by atoms with van der Waals surface area (Å²) in [5.74, 6) is 0.700. The van der Waals surface area contributed by atoms with Gasteiger partial charge in [-0.25, -0.2) is 0 Å². The predicted octanol–water partition coefficient (Wildman–Crippen LogP) is 4.21. The van der Waals surface area contributed by atoms with Crippen LogP contribution in [0.15, 0.2) is 42.1 Å². The molecule has 2 aromatic heterocycles. The molecule has 0 saturated heterocycles. The van der Waals surface area contributed by atoms with E-state index in [1.807, 2.05) is 41.8 Å². The van der Waals surface area contributed by atoms with Crippen molar-refractivity contribution < 1.29 is 9.59 Å². The van der Waals surface area contributed by atoms with Crippen LogP contribution in [0.3, 0.4) is 0 Å². The third kappa shape index (κ3) is 5.43. The van der Waals surface area contributed by atoms with Gasteiger partial charge in [0.15, 0.2) is 11.0 Å². The van der Waals surface area contributed by atoms with Gasteiger partial charge in [0.2, 0.25) is 5.91 Å². The van der Waals surface area contributed by atoms with Gasteiger partial charge in [-0.1, -0.05) is 36.9 Å². The molecule has 3 aromatic rings. The van der Waals surface area contributed by atoms with E-state index in [9.17, 15) is 9.59 Å². The minimum atomic E-state index is -0.490. The topological polar surface area (TPSA) is 106 Å². The van der Waals surface area contributed by atoms with Crippen molar-refractivity contribution in [2.24, 2.45) is 11.7 Å². The number of rotatable bonds is 9. The van der Waals surface area contributed by atoms with E-state index in [2.05, 4.69) is 35.1 Å². The smallest absolute Gasteiger partial charge is 0.251 e. The summed E-state index contributed by atoms with van der Waals surface area (Å²) in [5.41, 5.74) is 9.14. The number of amides is 2. The number of benzene rings is 1. The number of nitrogens with zero attached hydrogens (tertiary/aromatic N) is 4. The van der Waals surface area contributed by atoms with Gasteiger partial charge in [-0.2, -0.15) is 0 Å². The Morgan fingerprint density at radius 3 is 2.89 bits per heavy atom. The molecule has 0 saturated carbocycles. The number of thiophene rings is 1. The summed E-state index contributed by atoms with van der Waals surface area (Å²) in [4.78, 5) is 28.2. The van der Waals surface area contributed by atoms with Gasteiger partial charge in [-0.05, 0) is 42.9 Å². The molecule has 1 aliphatic rings. The van der Waals surface area contributed by atoms with E-state index in [-0.39, 0.29) is 11.7 Å². The fourth-order valence-corrected chi connectivity index (χ4v) is 6.40. The summed E-state index contributed by atoms with van der Waals surface area (Å²) in [7, 11) is 3.98. The summed E-state index contributed by atoms with van der Waals surface area (Å²) in [5, 5.41) is 12.8. The minimum Gasteiger partial charge on any atom is -0.378 e. The molecule has 1 aliphatic carbocycles. The molecule has 0 fully saturated rings. The second-order valence-electron chi connectivity index (χ2n) is 8.91. The summed E-state index contributed by atoms with van der Waals surface area (Å²) in [6.45, 7) is 6.57. The maximum atomic E-state index is 12.8. The van der Waals surface area contributed by atoms with Crippen LogP contribution in [-0.4, -0.2) is 46.4 Å². The lowest BCUT2D eigenvalue weighted by molar-refractivity contribution is -0.113. The number of thioether (sulfide) groups is 1. The maximum Gasteiger partial charge on any atom is 0.251 e. The maximum absolute atomic E-state index is 12.8. The number of hydrogen-bond donors (Lipinski definition) is 2. The number of anilines is 2. The lowest BCUT2D eigenvalue weighted by Gasteiger charge is -2.18. The molecule has 0 radical (unpaired) electrons. The molecule has 1 aromatic carbocycles. The number of aromatic nitrogens is 3. The Morgan fingerprint density at radius 2 is 2.17 bits per heavy atom. The zero-order valence-electron chi connectivity index (χ0n) is 20.2. The van der Waals surface area contributed by atoms with Crippen molar-refractivity contribution >= 4 is 45.6 Å². The summed E-state index contributed by atoms with van der Waals surface area (Å²) in [6.07, 6.45) is 4.53. The van der Waals surface area contributed by atoms with Crippen molar-refractivity contribution in [3.05, 3.63) is 52.9 Å². The third-order valence-electron chi connectivity index (χ3n) is 5.99. The second kappa shape index (κ2) is 10.7. The number of nitrogens with one attached hydrogen (secondary N) is 1. The number of allylic oxidation sites excluding steroid dienone is 1. The molecule has 2 amide bonds. The molecule has 3 N–H and O–H groups in total. The zero-order valence-corrected chi connectivity index (χ0v) is 21.8. The van der Waals surface area contributed by atoms with E-state index < -0.39 is 5.91 Å². The first kappa shape index (κ1) is 25.0. The number of carbonyl (C=O) groups is 2. The molecule has 0 bridgehead atoms. The predicted molar refractivity (Wildman–Crippen MR) is 143 cm³/mol. The molecule has 4 rings (SSSR count). The molecule has 8 nitrogen and oxygen atoms in total. The molecule has 0 aliphatic heterocycles. The standard InChI is InChI=1S/C25H30N6O2S2/c1-5-11-31-23(16-7-6-8-17(13-16)30(3)4)28-29-25(31)34-14-20(32)27-24-21(22(26)33)18-10-9-15(2)12-19(18)35-24/h5-8,13,15H,1,9-12,14H2,2-4H3,(H2,26,33)(H,27,32). The monoisotopic (exact) mass is 510 g/mol. The van der Waals surface area contributed by atoms with Crippen LogP contribution in [-0.2, 0) is 24.2 Å². The molecule has 1 atom stereocenters. The van der Waals surface area contributed by atoms with E-state index in [1.54, 1.807) is 6.08 Å². The Labute approximate surface area is 213 Å². The fourth-order valence-electron chi connectivity index (χ4n) is 4.22. The van der Waals surface area contributed by atoms with Crippen LogP contribution in [0.5, 0.6) is 0 Å². The highest BCUT2D eigenvalue weighted by atomic mass is 32.2. The van der Waals surface area contributed by atoms with E-state index in [4.69, 9.17) is 5.73 Å². The highest BCUT2D eigenvalue weighted by Gasteiger charge is 2.27. The summed E-state index contributed by atoms with van der Waals surface area (Å²) < 4.78 is 1.94. The van der Waals surface area contributed by atoms with Crippen molar-refractivity contribution in [2.45, 2.75) is 37.9 Å². The first-order valence-electron chi connectivity index (χ1n) is 11.5. The fraction of sp³-hybridized carbons (Fsp3) is 0.360. The van der Waals surface area contributed by atoms with E-state index in [1.165, 1.54) is 23.1 Å². The SMILES string of the molecule is C=CCn1c(SCC(=O)Nc2sc3c(c2C(N)=O)CCC(C)C3)nnc1-c1cccc(N(C)C)c1. The zero-order chi connectivity index (χ0) is 25.1. The molecule has 10 heteroatoms. The van der Waals surface area contributed by atoms with Gasteiger partial charge < -0.3 is 16.0 Å². The largest absolute Gasteiger partial charge is 0.378 e. The molecule has 1 unspecified atom stereocenters. The molecular formula is C25H30N6O2S2. The van der Waals surface area contributed by atoms with Gasteiger partial charge in [-0.3, -0.25) is 14.2 Å². The van der Waals surface area contributed by atoms with Crippen molar-refractivity contribution in [3.8, 4) is 11.4 Å². The lowest BCUT2D eigenvalue weighted by Crippen LogP contribution is -2.20. The molecule has 35 heavy (non-hydrogen) atoms. The summed E-state index contributed by atoms with van der Waals surface area (Å²) >= 11 is 2.77. The molecule has 2 heterocycles. The average Bonchev–Trinajstić information content (AvgIpc) is 3.38. The minimum absolute atomic E-state index is 0.129. The Kier molecular flexibility index (Phi) is 7.61.